The number of benzene rings is 1. The molecule has 0 fully saturated rings. The van der Waals surface area contributed by atoms with Crippen molar-refractivity contribution in [3.05, 3.63) is 29.8 Å². The molecule has 0 aliphatic rings. The number of hydrogen-bond acceptors (Lipinski definition) is 7. The van der Waals surface area contributed by atoms with Gasteiger partial charge in [0.15, 0.2) is 18.1 Å². The van der Waals surface area contributed by atoms with Gasteiger partial charge in [-0.25, -0.2) is 9.59 Å². The number of carbonyl (C=O) groups excluding carboxylic acids is 3. The van der Waals surface area contributed by atoms with Crippen LogP contribution in [-0.2, 0) is 19.1 Å². The Morgan fingerprint density at radius 3 is 2.59 bits per heavy atom. The monoisotopic (exact) mass is 380 g/mol. The molecular weight excluding hydrogens is 356 g/mol. The van der Waals surface area contributed by atoms with Gasteiger partial charge in [-0.3, -0.25) is 10.1 Å². The van der Waals surface area contributed by atoms with Gasteiger partial charge in [0.1, 0.15) is 0 Å². The maximum absolute atomic E-state index is 11.7. The van der Waals surface area contributed by atoms with E-state index in [9.17, 15) is 14.4 Å². The molecule has 1 aromatic carbocycles. The molecule has 148 valence electrons. The zero-order valence-corrected chi connectivity index (χ0v) is 15.6. The zero-order valence-electron chi connectivity index (χ0n) is 15.6. The average Bonchev–Trinajstić information content (AvgIpc) is 2.65. The third kappa shape index (κ3) is 8.73. The van der Waals surface area contributed by atoms with E-state index in [1.165, 1.54) is 26.4 Å². The van der Waals surface area contributed by atoms with Gasteiger partial charge in [0.25, 0.3) is 5.91 Å². The fourth-order valence-corrected chi connectivity index (χ4v) is 1.89. The molecule has 27 heavy (non-hydrogen) atoms. The topological polar surface area (TPSA) is 112 Å². The minimum atomic E-state index is -0.741. The van der Waals surface area contributed by atoms with Gasteiger partial charge in [0, 0.05) is 19.7 Å². The molecule has 0 aliphatic carbocycles. The van der Waals surface area contributed by atoms with E-state index in [0.29, 0.717) is 30.3 Å². The van der Waals surface area contributed by atoms with E-state index in [4.69, 9.17) is 18.9 Å². The fraction of sp³-hybridized carbons (Fsp3) is 0.389. The van der Waals surface area contributed by atoms with Gasteiger partial charge in [0.2, 0.25) is 0 Å². The summed E-state index contributed by atoms with van der Waals surface area (Å²) in [6.45, 7) is 2.36. The predicted molar refractivity (Wildman–Crippen MR) is 97.6 cm³/mol. The molecule has 3 amide bonds. The lowest BCUT2D eigenvalue weighted by Crippen LogP contribution is -2.42. The van der Waals surface area contributed by atoms with Crippen molar-refractivity contribution in [2.24, 2.45) is 0 Å². The van der Waals surface area contributed by atoms with Crippen LogP contribution in [0.2, 0.25) is 0 Å². The first kappa shape index (κ1) is 22.0. The van der Waals surface area contributed by atoms with Crippen LogP contribution in [0.1, 0.15) is 12.5 Å². The van der Waals surface area contributed by atoms with Crippen molar-refractivity contribution in [1.82, 2.24) is 10.6 Å². The van der Waals surface area contributed by atoms with Crippen LogP contribution in [0.25, 0.3) is 6.08 Å². The first-order chi connectivity index (χ1) is 13.0. The molecule has 0 unspecified atom stereocenters. The van der Waals surface area contributed by atoms with E-state index < -0.39 is 24.5 Å². The lowest BCUT2D eigenvalue weighted by Gasteiger charge is -2.09. The Kier molecular flexibility index (Phi) is 10.0. The summed E-state index contributed by atoms with van der Waals surface area (Å²) in [7, 11) is 3.00. The van der Waals surface area contributed by atoms with Gasteiger partial charge in [-0.05, 0) is 30.7 Å². The average molecular weight is 380 g/mol. The van der Waals surface area contributed by atoms with Crippen molar-refractivity contribution in [1.29, 1.82) is 0 Å². The Balaban J connectivity index is 2.45. The third-order valence-electron chi connectivity index (χ3n) is 3.09. The van der Waals surface area contributed by atoms with E-state index >= 15 is 0 Å². The van der Waals surface area contributed by atoms with E-state index in [2.05, 4.69) is 5.32 Å². The van der Waals surface area contributed by atoms with Crippen molar-refractivity contribution < 1.29 is 33.3 Å². The minimum absolute atomic E-state index is 0.254. The van der Waals surface area contributed by atoms with Crippen molar-refractivity contribution >= 4 is 24.0 Å². The smallest absolute Gasteiger partial charge is 0.331 e. The number of hydrogen-bond donors (Lipinski definition) is 2. The van der Waals surface area contributed by atoms with Crippen LogP contribution in [0.5, 0.6) is 11.5 Å². The Morgan fingerprint density at radius 1 is 1.15 bits per heavy atom. The van der Waals surface area contributed by atoms with Gasteiger partial charge < -0.3 is 24.3 Å². The van der Waals surface area contributed by atoms with Crippen LogP contribution in [-0.4, -0.2) is 58.5 Å². The van der Waals surface area contributed by atoms with Crippen molar-refractivity contribution in [2.75, 3.05) is 40.6 Å². The maximum atomic E-state index is 11.7. The number of urea groups is 1. The molecule has 0 heterocycles. The van der Waals surface area contributed by atoms with Crippen LogP contribution >= 0.6 is 0 Å². The SMILES string of the molecule is CCOc1ccc(/C=C/C(=O)OCC(=O)NC(=O)NCCOC)cc1OC. The van der Waals surface area contributed by atoms with Crippen LogP contribution in [0.3, 0.4) is 0 Å². The first-order valence-corrected chi connectivity index (χ1v) is 8.22. The molecule has 0 saturated heterocycles. The summed E-state index contributed by atoms with van der Waals surface area (Å²) in [4.78, 5) is 34.5. The number of rotatable bonds is 10. The normalized spacial score (nSPS) is 10.3. The van der Waals surface area contributed by atoms with Crippen LogP contribution in [0.4, 0.5) is 4.79 Å². The number of nitrogens with one attached hydrogen (secondary N) is 2. The summed E-state index contributed by atoms with van der Waals surface area (Å²) < 4.78 is 20.2. The lowest BCUT2D eigenvalue weighted by molar-refractivity contribution is -0.143. The molecule has 0 spiro atoms. The van der Waals surface area contributed by atoms with Gasteiger partial charge in [-0.2, -0.15) is 0 Å². The van der Waals surface area contributed by atoms with E-state index in [1.807, 2.05) is 12.2 Å². The highest BCUT2D eigenvalue weighted by atomic mass is 16.5. The molecule has 1 rings (SSSR count). The first-order valence-electron chi connectivity index (χ1n) is 8.22. The summed E-state index contributed by atoms with van der Waals surface area (Å²) in [6.07, 6.45) is 2.68. The molecule has 0 bridgehead atoms. The van der Waals surface area contributed by atoms with Crippen molar-refractivity contribution in [3.63, 3.8) is 0 Å². The Labute approximate surface area is 157 Å². The molecule has 9 nitrogen and oxygen atoms in total. The number of ether oxygens (including phenoxy) is 4. The van der Waals surface area contributed by atoms with Gasteiger partial charge in [-0.1, -0.05) is 6.07 Å². The zero-order chi connectivity index (χ0) is 20.1. The highest BCUT2D eigenvalue weighted by molar-refractivity contribution is 5.96. The molecule has 1 aromatic rings. The molecule has 9 heteroatoms. The summed E-state index contributed by atoms with van der Waals surface area (Å²) in [5, 5.41) is 4.43. The number of amides is 3. The van der Waals surface area contributed by atoms with Crippen molar-refractivity contribution in [2.45, 2.75) is 6.92 Å². The number of esters is 1. The number of carbonyl (C=O) groups is 3. The van der Waals surface area contributed by atoms with E-state index in [0.717, 1.165) is 0 Å². The van der Waals surface area contributed by atoms with E-state index in [1.54, 1.807) is 18.2 Å². The highest BCUT2D eigenvalue weighted by Gasteiger charge is 2.09. The quantitative estimate of drug-likeness (QED) is 0.355. The molecule has 2 N–H and O–H groups in total. The van der Waals surface area contributed by atoms with Gasteiger partial charge in [-0.15, -0.1) is 0 Å². The van der Waals surface area contributed by atoms with Crippen LogP contribution in [0.15, 0.2) is 24.3 Å². The predicted octanol–water partition coefficient (Wildman–Crippen LogP) is 1.12. The van der Waals surface area contributed by atoms with Crippen LogP contribution in [0, 0.1) is 0 Å². The fourth-order valence-electron chi connectivity index (χ4n) is 1.89. The standard InChI is InChI=1S/C18H24N2O7/c1-4-26-14-7-5-13(11-15(14)25-3)6-8-17(22)27-12-16(21)20-18(23)19-9-10-24-2/h5-8,11H,4,9-10,12H2,1-3H3,(H2,19,20,21,23)/b8-6+. The molecular formula is C18H24N2O7. The second-order valence-corrected chi connectivity index (χ2v) is 5.08. The van der Waals surface area contributed by atoms with E-state index in [-0.39, 0.29) is 6.54 Å². The summed E-state index contributed by atoms with van der Waals surface area (Å²) >= 11 is 0. The summed E-state index contributed by atoms with van der Waals surface area (Å²) in [6, 6.07) is 4.48. The lowest BCUT2D eigenvalue weighted by atomic mass is 10.2. The maximum Gasteiger partial charge on any atom is 0.331 e. The van der Waals surface area contributed by atoms with Gasteiger partial charge >= 0.3 is 12.0 Å². The molecule has 0 atom stereocenters. The molecule has 0 aliphatic heterocycles. The molecule has 0 radical (unpaired) electrons. The number of methoxy groups -OCH3 is 2. The van der Waals surface area contributed by atoms with Crippen LogP contribution < -0.4 is 20.1 Å². The Hall–Kier alpha value is -3.07. The van der Waals surface area contributed by atoms with Crippen molar-refractivity contribution in [3.8, 4) is 11.5 Å². The largest absolute Gasteiger partial charge is 0.493 e. The third-order valence-corrected chi connectivity index (χ3v) is 3.09. The molecule has 0 aromatic heterocycles. The Morgan fingerprint density at radius 2 is 1.93 bits per heavy atom. The highest BCUT2D eigenvalue weighted by Crippen LogP contribution is 2.28. The second-order valence-electron chi connectivity index (χ2n) is 5.08. The molecule has 0 saturated carbocycles. The second kappa shape index (κ2) is 12.3. The Bertz CT molecular complexity index is 674. The van der Waals surface area contributed by atoms with Gasteiger partial charge in [0.05, 0.1) is 20.3 Å². The minimum Gasteiger partial charge on any atom is -0.493 e. The number of imide groups is 1. The summed E-state index contributed by atoms with van der Waals surface area (Å²) in [5.74, 6) is -0.335. The summed E-state index contributed by atoms with van der Waals surface area (Å²) in [5.41, 5.74) is 0.689.